The van der Waals surface area contributed by atoms with Crippen molar-refractivity contribution >= 4 is 0 Å². The van der Waals surface area contributed by atoms with E-state index in [1.54, 1.807) is 26.0 Å². The summed E-state index contributed by atoms with van der Waals surface area (Å²) < 4.78 is 13.5. The summed E-state index contributed by atoms with van der Waals surface area (Å²) in [5, 5.41) is 10.4. The summed E-state index contributed by atoms with van der Waals surface area (Å²) in [6.45, 7) is 3.53. The Labute approximate surface area is 103 Å². The molecule has 2 heteroatoms. The third-order valence-corrected chi connectivity index (χ3v) is 3.90. The molecule has 1 aromatic carbocycles. The van der Waals surface area contributed by atoms with Crippen molar-refractivity contribution in [2.24, 2.45) is 5.92 Å². The fraction of sp³-hybridized carbons (Fsp3) is 0.600. The van der Waals surface area contributed by atoms with Gasteiger partial charge < -0.3 is 5.11 Å². The van der Waals surface area contributed by atoms with Crippen LogP contribution in [0.5, 0.6) is 0 Å². The van der Waals surface area contributed by atoms with E-state index in [1.165, 1.54) is 19.3 Å². The first-order chi connectivity index (χ1) is 8.09. The molecule has 0 aliphatic heterocycles. The number of aliphatic hydroxyl groups excluding tert-OH is 1. The normalized spacial score (nSPS) is 19.3. The lowest BCUT2D eigenvalue weighted by Crippen LogP contribution is -2.16. The Bertz CT molecular complexity index is 371. The largest absolute Gasteiger partial charge is 0.388 e. The van der Waals surface area contributed by atoms with Crippen molar-refractivity contribution in [1.82, 2.24) is 0 Å². The fourth-order valence-electron chi connectivity index (χ4n) is 2.87. The summed E-state index contributed by atoms with van der Waals surface area (Å²) in [5.41, 5.74) is 2.15. The average Bonchev–Trinajstić information content (AvgIpc) is 2.35. The van der Waals surface area contributed by atoms with Crippen LogP contribution in [0.3, 0.4) is 0 Å². The molecule has 1 nitrogen and oxygen atoms in total. The molecule has 0 bridgehead atoms. The Hall–Kier alpha value is -0.890. The van der Waals surface area contributed by atoms with Crippen LogP contribution in [0.1, 0.15) is 54.9 Å². The van der Waals surface area contributed by atoms with Gasteiger partial charge in [-0.2, -0.15) is 0 Å². The topological polar surface area (TPSA) is 20.2 Å². The lowest BCUT2D eigenvalue weighted by molar-refractivity contribution is 0.0847. The number of rotatable bonds is 2. The average molecular weight is 236 g/mol. The summed E-state index contributed by atoms with van der Waals surface area (Å²) in [6, 6.07) is 3.59. The van der Waals surface area contributed by atoms with E-state index in [2.05, 4.69) is 0 Å². The third kappa shape index (κ3) is 2.68. The summed E-state index contributed by atoms with van der Waals surface area (Å²) in [4.78, 5) is 0. The van der Waals surface area contributed by atoms with Gasteiger partial charge in [-0.3, -0.25) is 0 Å². The van der Waals surface area contributed by atoms with Crippen molar-refractivity contribution < 1.29 is 9.50 Å². The molecule has 0 radical (unpaired) electrons. The highest BCUT2D eigenvalue weighted by Crippen LogP contribution is 2.35. The zero-order valence-corrected chi connectivity index (χ0v) is 10.7. The molecule has 2 rings (SSSR count). The predicted octanol–water partition coefficient (Wildman–Crippen LogP) is 4.06. The molecule has 0 aromatic heterocycles. The van der Waals surface area contributed by atoms with Crippen LogP contribution in [0, 0.1) is 25.6 Å². The van der Waals surface area contributed by atoms with Gasteiger partial charge in [0, 0.05) is 0 Å². The van der Waals surface area contributed by atoms with Gasteiger partial charge in [0.2, 0.25) is 0 Å². The molecule has 1 fully saturated rings. The zero-order chi connectivity index (χ0) is 12.4. The number of benzene rings is 1. The fourth-order valence-corrected chi connectivity index (χ4v) is 2.87. The van der Waals surface area contributed by atoms with Crippen LogP contribution in [0.2, 0.25) is 0 Å². The number of aryl methyl sites for hydroxylation is 2. The molecule has 1 saturated carbocycles. The molecule has 1 unspecified atom stereocenters. The summed E-state index contributed by atoms with van der Waals surface area (Å²) >= 11 is 0. The highest BCUT2D eigenvalue weighted by atomic mass is 19.1. The first-order valence-electron chi connectivity index (χ1n) is 6.54. The molecule has 1 aliphatic carbocycles. The van der Waals surface area contributed by atoms with Gasteiger partial charge in [-0.05, 0) is 49.3 Å². The minimum atomic E-state index is -0.423. The smallest absolute Gasteiger partial charge is 0.129 e. The van der Waals surface area contributed by atoms with Gasteiger partial charge in [0.15, 0.2) is 0 Å². The van der Waals surface area contributed by atoms with Crippen LogP contribution in [-0.4, -0.2) is 5.11 Å². The molecule has 1 atom stereocenters. The maximum absolute atomic E-state index is 13.5. The number of hydrogen-bond donors (Lipinski definition) is 1. The van der Waals surface area contributed by atoms with E-state index in [9.17, 15) is 9.50 Å². The molecular formula is C15H21FO. The minimum absolute atomic E-state index is 0.149. The van der Waals surface area contributed by atoms with Crippen molar-refractivity contribution in [3.8, 4) is 0 Å². The Morgan fingerprint density at radius 1 is 1.12 bits per heavy atom. The monoisotopic (exact) mass is 236 g/mol. The van der Waals surface area contributed by atoms with Gasteiger partial charge in [-0.15, -0.1) is 0 Å². The predicted molar refractivity (Wildman–Crippen MR) is 67.4 cm³/mol. The Morgan fingerprint density at radius 2 is 1.65 bits per heavy atom. The van der Waals surface area contributed by atoms with Gasteiger partial charge in [0.25, 0.3) is 0 Å². The van der Waals surface area contributed by atoms with Gasteiger partial charge >= 0.3 is 0 Å². The second-order valence-corrected chi connectivity index (χ2v) is 5.31. The number of aliphatic hydroxyl groups is 1. The number of hydrogen-bond acceptors (Lipinski definition) is 1. The second kappa shape index (κ2) is 5.18. The minimum Gasteiger partial charge on any atom is -0.388 e. The van der Waals surface area contributed by atoms with Crippen molar-refractivity contribution in [3.63, 3.8) is 0 Å². The van der Waals surface area contributed by atoms with Crippen LogP contribution in [0.4, 0.5) is 4.39 Å². The second-order valence-electron chi connectivity index (χ2n) is 5.31. The quantitative estimate of drug-likeness (QED) is 0.821. The Balaban J connectivity index is 2.21. The maximum Gasteiger partial charge on any atom is 0.129 e. The lowest BCUT2D eigenvalue weighted by Gasteiger charge is -2.27. The van der Waals surface area contributed by atoms with E-state index >= 15 is 0 Å². The summed E-state index contributed by atoms with van der Waals surface area (Å²) in [5.74, 6) is 0.206. The van der Waals surface area contributed by atoms with E-state index in [0.29, 0.717) is 17.0 Å². The highest BCUT2D eigenvalue weighted by molar-refractivity contribution is 5.32. The first kappa shape index (κ1) is 12.6. The molecule has 1 N–H and O–H groups in total. The molecule has 94 valence electrons. The van der Waals surface area contributed by atoms with Gasteiger partial charge in [-0.1, -0.05) is 31.4 Å². The van der Waals surface area contributed by atoms with Crippen molar-refractivity contribution in [2.45, 2.75) is 52.1 Å². The van der Waals surface area contributed by atoms with Crippen LogP contribution in [0.25, 0.3) is 0 Å². The van der Waals surface area contributed by atoms with Crippen molar-refractivity contribution in [2.75, 3.05) is 0 Å². The summed E-state index contributed by atoms with van der Waals surface area (Å²) in [6.07, 6.45) is 5.47. The zero-order valence-electron chi connectivity index (χ0n) is 10.7. The van der Waals surface area contributed by atoms with E-state index < -0.39 is 6.10 Å². The lowest BCUT2D eigenvalue weighted by atomic mass is 9.82. The molecular weight excluding hydrogens is 215 g/mol. The third-order valence-electron chi connectivity index (χ3n) is 3.90. The van der Waals surface area contributed by atoms with Crippen LogP contribution < -0.4 is 0 Å². The molecule has 17 heavy (non-hydrogen) atoms. The Kier molecular flexibility index (Phi) is 3.82. The van der Waals surface area contributed by atoms with E-state index in [-0.39, 0.29) is 5.82 Å². The van der Waals surface area contributed by atoms with Crippen molar-refractivity contribution in [3.05, 3.63) is 34.6 Å². The van der Waals surface area contributed by atoms with Crippen LogP contribution in [0.15, 0.2) is 12.1 Å². The van der Waals surface area contributed by atoms with Gasteiger partial charge in [-0.25, -0.2) is 4.39 Å². The first-order valence-corrected chi connectivity index (χ1v) is 6.54. The molecule has 0 spiro atoms. The van der Waals surface area contributed by atoms with E-state index in [4.69, 9.17) is 0 Å². The van der Waals surface area contributed by atoms with E-state index in [0.717, 1.165) is 18.4 Å². The summed E-state index contributed by atoms with van der Waals surface area (Å²) in [7, 11) is 0. The number of halogens is 1. The van der Waals surface area contributed by atoms with Crippen molar-refractivity contribution in [1.29, 1.82) is 0 Å². The Morgan fingerprint density at radius 3 is 2.18 bits per heavy atom. The maximum atomic E-state index is 13.5. The molecule has 0 saturated heterocycles. The van der Waals surface area contributed by atoms with Crippen LogP contribution >= 0.6 is 0 Å². The standard InChI is InChI=1S/C15H21FO/c1-10-8-13(9-11(2)14(10)16)15(17)12-6-4-3-5-7-12/h8-9,12,15,17H,3-7H2,1-2H3. The molecule has 0 amide bonds. The highest BCUT2D eigenvalue weighted by Gasteiger charge is 2.23. The molecule has 1 aliphatic rings. The van der Waals surface area contributed by atoms with Gasteiger partial charge in [0.1, 0.15) is 5.82 Å². The van der Waals surface area contributed by atoms with E-state index in [1.807, 2.05) is 0 Å². The van der Waals surface area contributed by atoms with Gasteiger partial charge in [0.05, 0.1) is 6.10 Å². The molecule has 1 aromatic rings. The SMILES string of the molecule is Cc1cc(C(O)C2CCCCC2)cc(C)c1F. The molecule has 0 heterocycles. The van der Waals surface area contributed by atoms with Crippen LogP contribution in [-0.2, 0) is 0 Å².